The number of anilines is 4. The van der Waals surface area contributed by atoms with E-state index in [0.717, 1.165) is 35.8 Å². The summed E-state index contributed by atoms with van der Waals surface area (Å²) in [7, 11) is 0. The number of alkyl halides is 3. The summed E-state index contributed by atoms with van der Waals surface area (Å²) >= 11 is 4.69. The summed E-state index contributed by atoms with van der Waals surface area (Å²) < 4.78 is 47.5. The van der Waals surface area contributed by atoms with E-state index in [4.69, 9.17) is 17.4 Å². The van der Waals surface area contributed by atoms with Gasteiger partial charge in [0, 0.05) is 56.2 Å². The number of nitrogens with one attached hydrogen (secondary N) is 3. The first-order chi connectivity index (χ1) is 27.5. The molecule has 4 heterocycles. The normalized spacial score (nSPS) is 20.7. The zero-order chi connectivity index (χ0) is 41.9. The molecule has 3 aliphatic rings. The molecule has 3 saturated heterocycles. The summed E-state index contributed by atoms with van der Waals surface area (Å²) in [5, 5.41) is 17.6. The van der Waals surface area contributed by atoms with Gasteiger partial charge in [0.25, 0.3) is 5.91 Å². The van der Waals surface area contributed by atoms with E-state index in [9.17, 15) is 37.6 Å². The highest BCUT2D eigenvalue weighted by atomic mass is 32.1. The van der Waals surface area contributed by atoms with E-state index in [1.165, 1.54) is 6.07 Å². The minimum absolute atomic E-state index is 0.120. The van der Waals surface area contributed by atoms with Crippen molar-refractivity contribution in [3.8, 4) is 11.8 Å². The van der Waals surface area contributed by atoms with Crippen molar-refractivity contribution in [2.24, 2.45) is 0 Å². The van der Waals surface area contributed by atoms with E-state index in [0.29, 0.717) is 61.9 Å². The van der Waals surface area contributed by atoms with Crippen molar-refractivity contribution >= 4 is 59.0 Å². The summed E-state index contributed by atoms with van der Waals surface area (Å²) in [5.74, 6) is -0.606. The maximum absolute atomic E-state index is 13.7. The molecule has 3 atom stereocenters. The number of pyridine rings is 1. The van der Waals surface area contributed by atoms with Crippen LogP contribution in [0.4, 0.5) is 35.9 Å². The number of hydrogen-bond donors (Lipinski definition) is 4. The number of aromatic nitrogens is 1. The van der Waals surface area contributed by atoms with Crippen molar-refractivity contribution in [3.63, 3.8) is 0 Å². The Hall–Kier alpha value is -5.38. The van der Waals surface area contributed by atoms with Crippen LogP contribution in [0.5, 0.6) is 5.75 Å². The number of rotatable bonds is 12. The lowest BCUT2D eigenvalue weighted by Crippen LogP contribution is -2.53. The monoisotopic (exact) mass is 821 g/mol. The molecule has 4 amide bonds. The number of nitriles is 1. The molecule has 0 saturated carbocycles. The molecule has 0 unspecified atom stereocenters. The number of amides is 4. The number of thiol groups is 1. The number of ether oxygens (including phenoxy) is 1. The molecule has 3 N–H and O–H groups in total. The van der Waals surface area contributed by atoms with Crippen LogP contribution >= 0.6 is 12.6 Å². The number of imide groups is 1. The largest absolute Gasteiger partial charge is 0.492 e. The Labute approximate surface area is 340 Å². The predicted molar refractivity (Wildman–Crippen MR) is 214 cm³/mol. The van der Waals surface area contributed by atoms with E-state index >= 15 is 0 Å². The highest BCUT2D eigenvalue weighted by Gasteiger charge is 2.52. The zero-order valence-corrected chi connectivity index (χ0v) is 33.5. The van der Waals surface area contributed by atoms with Crippen molar-refractivity contribution in [2.75, 3.05) is 59.8 Å². The van der Waals surface area contributed by atoms with Crippen LogP contribution in [-0.4, -0.2) is 101 Å². The van der Waals surface area contributed by atoms with Crippen LogP contribution in [0.1, 0.15) is 57.4 Å². The quantitative estimate of drug-likeness (QED) is 0.149. The first kappa shape index (κ1) is 42.2. The van der Waals surface area contributed by atoms with Crippen LogP contribution in [0, 0.1) is 11.3 Å². The molecular formula is C40H46F3N9O5S. The van der Waals surface area contributed by atoms with Crippen LogP contribution in [0.15, 0.2) is 54.7 Å². The number of carbonyl (C=O) groups excluding carboxylic acids is 4. The third-order valence-electron chi connectivity index (χ3n) is 10.8. The fourth-order valence-corrected chi connectivity index (χ4v) is 8.09. The van der Waals surface area contributed by atoms with Gasteiger partial charge >= 0.3 is 6.18 Å². The number of benzene rings is 2. The minimum atomic E-state index is -4.84. The predicted octanol–water partition coefficient (Wildman–Crippen LogP) is 4.62. The summed E-state index contributed by atoms with van der Waals surface area (Å²) in [6.45, 7) is 11.1. The molecule has 2 aromatic carbocycles. The van der Waals surface area contributed by atoms with Gasteiger partial charge in [-0.1, -0.05) is 13.0 Å². The third kappa shape index (κ3) is 9.01. The topological polar surface area (TPSA) is 163 Å². The number of hydrogen-bond acceptors (Lipinski definition) is 12. The van der Waals surface area contributed by atoms with Crippen molar-refractivity contribution in [3.05, 3.63) is 71.5 Å². The molecule has 0 spiro atoms. The lowest BCUT2D eigenvalue weighted by atomic mass is 10.0. The third-order valence-corrected chi connectivity index (χ3v) is 11.2. The van der Waals surface area contributed by atoms with Crippen molar-refractivity contribution < 1.29 is 37.1 Å². The summed E-state index contributed by atoms with van der Waals surface area (Å²) in [6.07, 6.45) is -2.49. The molecule has 0 bridgehead atoms. The zero-order valence-electron chi connectivity index (χ0n) is 32.6. The molecule has 0 aliphatic carbocycles. The van der Waals surface area contributed by atoms with Gasteiger partial charge in [0.15, 0.2) is 11.2 Å². The van der Waals surface area contributed by atoms with Gasteiger partial charge in [0.2, 0.25) is 17.7 Å². The highest BCUT2D eigenvalue weighted by molar-refractivity contribution is 7.81. The summed E-state index contributed by atoms with van der Waals surface area (Å²) in [5.41, 5.74) is -1.52. The Morgan fingerprint density at radius 2 is 1.81 bits per heavy atom. The molecule has 58 heavy (non-hydrogen) atoms. The fraction of sp³-hybridized carbons (Fsp3) is 0.450. The van der Waals surface area contributed by atoms with Gasteiger partial charge < -0.3 is 20.3 Å². The second-order valence-electron chi connectivity index (χ2n) is 14.9. The Balaban J connectivity index is 1.01. The van der Waals surface area contributed by atoms with E-state index < -0.39 is 40.4 Å². The van der Waals surface area contributed by atoms with Crippen molar-refractivity contribution in [1.82, 2.24) is 20.1 Å². The molecule has 0 radical (unpaired) electrons. The van der Waals surface area contributed by atoms with Gasteiger partial charge in [-0.2, -0.15) is 18.4 Å². The smallest absolute Gasteiger partial charge is 0.419 e. The van der Waals surface area contributed by atoms with Crippen LogP contribution in [-0.2, 0) is 31.8 Å². The van der Waals surface area contributed by atoms with E-state index in [-0.39, 0.29) is 35.9 Å². The van der Waals surface area contributed by atoms with Gasteiger partial charge in [-0.05, 0) is 81.6 Å². The summed E-state index contributed by atoms with van der Waals surface area (Å²) in [6, 6.07) is 14.0. The van der Waals surface area contributed by atoms with Crippen LogP contribution in [0.2, 0.25) is 0 Å². The van der Waals surface area contributed by atoms with E-state index in [1.807, 2.05) is 26.0 Å². The molecule has 1 aromatic heterocycles. The maximum atomic E-state index is 13.7. The number of nitrogens with zero attached hydrogens (tertiary/aromatic N) is 6. The average Bonchev–Trinajstić information content (AvgIpc) is 3.37. The Bertz CT molecular complexity index is 2100. The molecule has 14 nitrogen and oxygen atoms in total. The maximum Gasteiger partial charge on any atom is 0.419 e. The van der Waals surface area contributed by atoms with Crippen molar-refractivity contribution in [1.29, 1.82) is 5.26 Å². The van der Waals surface area contributed by atoms with Gasteiger partial charge in [-0.15, -0.1) is 12.6 Å². The molecule has 6 rings (SSSR count). The Morgan fingerprint density at radius 1 is 1.09 bits per heavy atom. The summed E-state index contributed by atoms with van der Waals surface area (Å²) in [4.78, 5) is 61.5. The molecular weight excluding hydrogens is 776 g/mol. The number of carbonyl (C=O) groups is 4. The second-order valence-corrected chi connectivity index (χ2v) is 15.4. The Kier molecular flexibility index (Phi) is 12.5. The second kappa shape index (κ2) is 17.2. The molecule has 3 aliphatic heterocycles. The number of piperidine rings is 1. The van der Waals surface area contributed by atoms with Crippen LogP contribution < -0.4 is 30.5 Å². The van der Waals surface area contributed by atoms with Gasteiger partial charge in [0.05, 0.1) is 23.5 Å². The van der Waals surface area contributed by atoms with Gasteiger partial charge in [-0.25, -0.2) is 4.98 Å². The van der Waals surface area contributed by atoms with E-state index in [1.54, 1.807) is 49.1 Å². The number of aryl methyl sites for hydroxylation is 1. The van der Waals surface area contributed by atoms with Gasteiger partial charge in [0.1, 0.15) is 30.0 Å². The highest BCUT2D eigenvalue weighted by Crippen LogP contribution is 2.43. The Morgan fingerprint density at radius 3 is 2.48 bits per heavy atom. The molecule has 3 aromatic rings. The minimum Gasteiger partial charge on any atom is -0.492 e. The van der Waals surface area contributed by atoms with Crippen molar-refractivity contribution in [2.45, 2.75) is 76.3 Å². The van der Waals surface area contributed by atoms with E-state index in [2.05, 4.69) is 30.7 Å². The first-order valence-electron chi connectivity index (χ1n) is 19.0. The molecule has 308 valence electrons. The number of halogens is 3. The first-order valence-corrected chi connectivity index (χ1v) is 19.5. The van der Waals surface area contributed by atoms with Crippen LogP contribution in [0.25, 0.3) is 0 Å². The lowest BCUT2D eigenvalue weighted by molar-refractivity contribution is -0.138. The van der Waals surface area contributed by atoms with Gasteiger partial charge in [-0.3, -0.25) is 39.2 Å². The lowest BCUT2D eigenvalue weighted by Gasteiger charge is -2.37. The average molecular weight is 822 g/mol. The van der Waals surface area contributed by atoms with Crippen LogP contribution in [0.3, 0.4) is 0 Å². The molecule has 3 fully saturated rings. The molecule has 18 heteroatoms. The number of piperazine rings is 1. The fourth-order valence-electron chi connectivity index (χ4n) is 7.43. The standard InChI is InChI=1S/C40H46F3N9O5S/c1-5-25-19-28(52-38(58)51(37(56)39(52,3)4)29-21-30(40(41,42)43)32(22-44)45-23-29)9-11-33(25)57-18-17-49-13-15-50(16-14-49)24(2)35(54)47-27-8-6-7-26(20-27)46-31-10-12-34(53)48-36(31)55/h6-9,11,19-21,23-24,31,38,46,58H,5,10,12-18H2,1-4H3,(H,47,54)(H,48,53,55)/t24-,31-,38+/m1/s1. The SMILES string of the molecule is CCc1cc(N2[C@@H](S)N(c3cnc(C#N)c(C(F)(F)F)c3)C(=O)C2(C)C)ccc1OCCN1CCN([C@H](C)C(=O)Nc2cccc(N[C@@H]3CCC(=O)NC3=O)c2)CC1.